The molecule has 19 heteroatoms. The van der Waals surface area contributed by atoms with Crippen molar-refractivity contribution >= 4 is 48.5 Å². The van der Waals surface area contributed by atoms with E-state index in [-0.39, 0.29) is 100 Å². The molecular weight excluding hydrogens is 647 g/mol. The Hall–Kier alpha value is -2.03. The number of carboxylic acid groups (broad SMARTS) is 1. The van der Waals surface area contributed by atoms with E-state index in [2.05, 4.69) is 32.4 Å². The van der Waals surface area contributed by atoms with Gasteiger partial charge in [-0.25, -0.2) is 21.5 Å². The first-order chi connectivity index (χ1) is 19.3. The summed E-state index contributed by atoms with van der Waals surface area (Å²) in [5, 5.41) is 22.0. The van der Waals surface area contributed by atoms with Crippen molar-refractivity contribution in [2.45, 2.75) is 9.79 Å². The van der Waals surface area contributed by atoms with Crippen molar-refractivity contribution in [1.82, 2.24) is 14.8 Å². The van der Waals surface area contributed by atoms with Crippen molar-refractivity contribution < 1.29 is 125 Å². The van der Waals surface area contributed by atoms with Crippen LogP contribution in [0.15, 0.2) is 116 Å². The molecule has 0 aliphatic carbocycles. The number of aromatic carboxylic acids is 1. The minimum absolute atomic E-state index is 0. The quantitative estimate of drug-likeness (QED) is 0.103. The summed E-state index contributed by atoms with van der Waals surface area (Å²) >= 11 is 0. The van der Waals surface area contributed by atoms with Crippen LogP contribution < -0.4 is 99.3 Å². The van der Waals surface area contributed by atoms with E-state index in [4.69, 9.17) is 0 Å². The van der Waals surface area contributed by atoms with Crippen LogP contribution in [0, 0.1) is 0 Å². The molecule has 0 unspecified atom stereocenters. The number of carbonyl (C=O) groups is 1. The first kappa shape index (κ1) is 40.0. The van der Waals surface area contributed by atoms with Gasteiger partial charge in [0.15, 0.2) is 5.69 Å². The predicted octanol–water partition coefficient (Wildman–Crippen LogP) is -7.00. The molecule has 2 aromatic heterocycles. The zero-order valence-electron chi connectivity index (χ0n) is 23.4. The van der Waals surface area contributed by atoms with Crippen LogP contribution in [-0.4, -0.2) is 46.7 Å². The zero-order chi connectivity index (χ0) is 29.8. The van der Waals surface area contributed by atoms with E-state index in [0.29, 0.717) is 4.68 Å². The molecule has 5 aromatic rings. The molecule has 0 radical (unpaired) electrons. The van der Waals surface area contributed by atoms with Crippen LogP contribution in [-0.2, 0) is 20.2 Å². The molecular formula is C25H16N5Na3O9S2. The van der Waals surface area contributed by atoms with Crippen LogP contribution in [0.3, 0.4) is 0 Å². The number of carbonyl (C=O) groups excluding carboxylic acids is 1. The predicted molar refractivity (Wildman–Crippen MR) is 139 cm³/mol. The SMILES string of the molecule is O=C([O-])c1[nH]n(-c2ccc(S(=O)(=O)[O-])cc2)c(=O)c1N=Nc1ccc(S(=O)(=O)[O-])cc1.[Na+].[Na+].[Na+].c1ccc2ncccc2c1. The van der Waals surface area contributed by atoms with Gasteiger partial charge in [0.05, 0.1) is 32.7 Å². The third kappa shape index (κ3) is 10.2. The monoisotopic (exact) mass is 663 g/mol. The van der Waals surface area contributed by atoms with Gasteiger partial charge in [-0.2, -0.15) is 5.11 Å². The van der Waals surface area contributed by atoms with E-state index >= 15 is 0 Å². The van der Waals surface area contributed by atoms with E-state index in [1.54, 1.807) is 0 Å². The number of para-hydroxylation sites is 1. The number of carboxylic acids is 1. The topological polar surface area (TPSA) is 230 Å². The van der Waals surface area contributed by atoms with E-state index in [1.807, 2.05) is 30.5 Å². The molecule has 5 rings (SSSR count). The van der Waals surface area contributed by atoms with Gasteiger partial charge in [0.1, 0.15) is 25.9 Å². The molecule has 3 aromatic carbocycles. The van der Waals surface area contributed by atoms with Gasteiger partial charge in [0.2, 0.25) is 0 Å². The molecule has 0 atom stereocenters. The van der Waals surface area contributed by atoms with Gasteiger partial charge in [-0.05, 0) is 60.7 Å². The van der Waals surface area contributed by atoms with Crippen LogP contribution in [0.2, 0.25) is 0 Å². The maximum absolute atomic E-state index is 12.6. The summed E-state index contributed by atoms with van der Waals surface area (Å²) in [6, 6.07) is 20.2. The minimum Gasteiger partial charge on any atom is -0.744 e. The third-order valence-electron chi connectivity index (χ3n) is 5.36. The fraction of sp³-hybridized carbons (Fsp3) is 0. The molecule has 0 bridgehead atoms. The maximum atomic E-state index is 12.6. The Morgan fingerprint density at radius 3 is 1.80 bits per heavy atom. The van der Waals surface area contributed by atoms with Crippen molar-refractivity contribution in [3.63, 3.8) is 0 Å². The van der Waals surface area contributed by atoms with E-state index < -0.39 is 52.9 Å². The smallest absolute Gasteiger partial charge is 0.744 e. The van der Waals surface area contributed by atoms with E-state index in [0.717, 1.165) is 54.0 Å². The Morgan fingerprint density at radius 2 is 1.27 bits per heavy atom. The van der Waals surface area contributed by atoms with Crippen molar-refractivity contribution in [3.8, 4) is 5.69 Å². The summed E-state index contributed by atoms with van der Waals surface area (Å²) < 4.78 is 66.5. The standard InChI is InChI=1S/C16H12N4O9S2.C9H7N.3Na/c21-15-13(18-17-9-1-5-11(6-2-9)30(24,25)26)14(16(22)23)19-20(15)10-3-7-12(8-4-10)31(27,28)29;1-2-6-9-8(4-1)5-3-7-10-9;;;/h1-8,19H,(H,22,23)(H,24,25,26)(H,27,28,29);1-7H;;;/q;;3*+1/p-3. The Morgan fingerprint density at radius 1 is 0.750 bits per heavy atom. The second-order valence-electron chi connectivity index (χ2n) is 8.06. The summed E-state index contributed by atoms with van der Waals surface area (Å²) in [4.78, 5) is 27.0. The molecule has 0 amide bonds. The Labute approximate surface area is 317 Å². The summed E-state index contributed by atoms with van der Waals surface area (Å²) in [5.74, 6) is -1.80. The molecule has 2 heterocycles. The molecule has 1 N–H and O–H groups in total. The van der Waals surface area contributed by atoms with E-state index in [9.17, 15) is 40.6 Å². The first-order valence-electron chi connectivity index (χ1n) is 11.2. The van der Waals surface area contributed by atoms with Gasteiger partial charge in [0, 0.05) is 11.6 Å². The van der Waals surface area contributed by atoms with Gasteiger partial charge in [-0.3, -0.25) is 14.9 Å². The Kier molecular flexibility index (Phi) is 15.5. The number of azo groups is 1. The zero-order valence-corrected chi connectivity index (χ0v) is 31.1. The first-order valence-corrected chi connectivity index (χ1v) is 14.1. The van der Waals surface area contributed by atoms with Crippen LogP contribution in [0.1, 0.15) is 10.5 Å². The number of pyridine rings is 1. The number of nitrogens with one attached hydrogen (secondary N) is 1. The van der Waals surface area contributed by atoms with Crippen molar-refractivity contribution in [1.29, 1.82) is 0 Å². The average molecular weight is 664 g/mol. The second-order valence-corrected chi connectivity index (χ2v) is 10.8. The number of nitrogens with zero attached hydrogens (tertiary/aromatic N) is 4. The summed E-state index contributed by atoms with van der Waals surface area (Å²) in [5.41, 5.74) is -1.33. The second kappa shape index (κ2) is 17.0. The number of aromatic amines is 1. The van der Waals surface area contributed by atoms with Crippen LogP contribution >= 0.6 is 0 Å². The van der Waals surface area contributed by atoms with Crippen LogP contribution in [0.5, 0.6) is 0 Å². The third-order valence-corrected chi connectivity index (χ3v) is 7.06. The summed E-state index contributed by atoms with van der Waals surface area (Å²) in [7, 11) is -9.40. The fourth-order valence-electron chi connectivity index (χ4n) is 3.41. The molecule has 0 aliphatic heterocycles. The molecule has 210 valence electrons. The number of hydrogen-bond acceptors (Lipinski definition) is 12. The van der Waals surface area contributed by atoms with Gasteiger partial charge in [-0.15, -0.1) is 5.11 Å². The molecule has 0 spiro atoms. The van der Waals surface area contributed by atoms with E-state index in [1.165, 1.54) is 5.39 Å². The fourth-order valence-corrected chi connectivity index (χ4v) is 4.35. The number of benzene rings is 3. The Bertz CT molecular complexity index is 1980. The molecule has 0 saturated carbocycles. The van der Waals surface area contributed by atoms with Gasteiger partial charge >= 0.3 is 88.7 Å². The van der Waals surface area contributed by atoms with Crippen molar-refractivity contribution in [2.75, 3.05) is 0 Å². The van der Waals surface area contributed by atoms with Gasteiger partial charge < -0.3 is 19.0 Å². The van der Waals surface area contributed by atoms with Crippen molar-refractivity contribution in [3.05, 3.63) is 107 Å². The van der Waals surface area contributed by atoms with Crippen molar-refractivity contribution in [2.24, 2.45) is 10.2 Å². The Balaban J connectivity index is 0.000000630. The van der Waals surface area contributed by atoms with Gasteiger partial charge in [-0.1, -0.05) is 24.3 Å². The minimum atomic E-state index is -4.72. The number of rotatable bonds is 6. The normalized spacial score (nSPS) is 11.0. The van der Waals surface area contributed by atoms with Crippen LogP contribution in [0.4, 0.5) is 11.4 Å². The molecule has 44 heavy (non-hydrogen) atoms. The van der Waals surface area contributed by atoms with Crippen LogP contribution in [0.25, 0.3) is 16.6 Å². The summed E-state index contributed by atoms with van der Waals surface area (Å²) in [6.45, 7) is 0. The number of hydrogen-bond donors (Lipinski definition) is 1. The molecule has 14 nitrogen and oxygen atoms in total. The molecule has 0 saturated heterocycles. The maximum Gasteiger partial charge on any atom is 1.00 e. The number of aromatic nitrogens is 3. The molecule has 0 aliphatic rings. The number of fused-ring (bicyclic) bond motifs is 1. The largest absolute Gasteiger partial charge is 1.00 e. The average Bonchev–Trinajstić information content (AvgIpc) is 3.28. The number of H-pyrrole nitrogens is 1. The van der Waals surface area contributed by atoms with Gasteiger partial charge in [0.25, 0.3) is 5.56 Å². The molecule has 0 fully saturated rings. The summed E-state index contributed by atoms with van der Waals surface area (Å²) in [6.07, 6.45) is 1.81.